The minimum Gasteiger partial charge on any atom is -0.496 e. The van der Waals surface area contributed by atoms with Crippen LogP contribution in [0.5, 0.6) is 5.75 Å². The molecule has 2 saturated heterocycles. The van der Waals surface area contributed by atoms with Crippen LogP contribution in [0, 0.1) is 0 Å². The molecule has 0 unspecified atom stereocenters. The molecule has 0 saturated carbocycles. The van der Waals surface area contributed by atoms with Crippen molar-refractivity contribution >= 4 is 5.91 Å². The third kappa shape index (κ3) is 2.89. The van der Waals surface area contributed by atoms with Crippen molar-refractivity contribution in [2.75, 3.05) is 33.4 Å². The summed E-state index contributed by atoms with van der Waals surface area (Å²) in [6, 6.07) is 8.05. The Labute approximate surface area is 125 Å². The predicted molar refractivity (Wildman–Crippen MR) is 79.3 cm³/mol. The molecule has 3 rings (SSSR count). The zero-order valence-corrected chi connectivity index (χ0v) is 12.4. The Hall–Kier alpha value is -1.59. The molecule has 2 fully saturated rings. The zero-order chi connectivity index (χ0) is 14.7. The number of likely N-dealkylation sites (tertiary alicyclic amines) is 1. The van der Waals surface area contributed by atoms with Crippen molar-refractivity contribution in [3.8, 4) is 5.75 Å². The summed E-state index contributed by atoms with van der Waals surface area (Å²) in [6.45, 7) is 2.82. The molecule has 1 amide bonds. The summed E-state index contributed by atoms with van der Waals surface area (Å²) in [7, 11) is 1.67. The lowest BCUT2D eigenvalue weighted by Gasteiger charge is -2.31. The summed E-state index contributed by atoms with van der Waals surface area (Å²) in [5.74, 6) is 0.945. The van der Waals surface area contributed by atoms with Crippen LogP contribution in [-0.2, 0) is 9.53 Å². The summed E-state index contributed by atoms with van der Waals surface area (Å²) in [4.78, 5) is 14.7. The lowest BCUT2D eigenvalue weighted by molar-refractivity contribution is -0.146. The predicted octanol–water partition coefficient (Wildman–Crippen LogP) is 1.35. The first-order valence-electron chi connectivity index (χ1n) is 7.57. The van der Waals surface area contributed by atoms with Crippen LogP contribution in [0.4, 0.5) is 0 Å². The number of hydrogen-bond donors (Lipinski definition) is 1. The van der Waals surface area contributed by atoms with Gasteiger partial charge in [0.05, 0.1) is 19.8 Å². The fourth-order valence-corrected chi connectivity index (χ4v) is 3.20. The van der Waals surface area contributed by atoms with Gasteiger partial charge in [0.15, 0.2) is 0 Å². The number of nitrogens with one attached hydrogen (secondary N) is 1. The highest BCUT2D eigenvalue weighted by Crippen LogP contribution is 2.37. The molecule has 5 heteroatoms. The third-order valence-electron chi connectivity index (χ3n) is 4.24. The molecule has 1 aromatic rings. The second-order valence-electron chi connectivity index (χ2n) is 5.50. The van der Waals surface area contributed by atoms with E-state index in [0.717, 1.165) is 37.2 Å². The van der Waals surface area contributed by atoms with Gasteiger partial charge in [0, 0.05) is 25.2 Å². The zero-order valence-electron chi connectivity index (χ0n) is 12.4. The van der Waals surface area contributed by atoms with Crippen molar-refractivity contribution in [2.24, 2.45) is 0 Å². The molecule has 2 atom stereocenters. The Kier molecular flexibility index (Phi) is 4.41. The van der Waals surface area contributed by atoms with Crippen molar-refractivity contribution in [3.05, 3.63) is 29.8 Å². The number of morpholine rings is 1. The SMILES string of the molecule is COc1ccccc1[C@H]1CCCN1C(=O)[C@H]1CNCCO1. The molecule has 5 nitrogen and oxygen atoms in total. The van der Waals surface area contributed by atoms with E-state index in [9.17, 15) is 4.79 Å². The van der Waals surface area contributed by atoms with Gasteiger partial charge in [0.1, 0.15) is 11.9 Å². The Bertz CT molecular complexity index is 500. The average molecular weight is 290 g/mol. The normalized spacial score (nSPS) is 25.9. The van der Waals surface area contributed by atoms with Gasteiger partial charge in [-0.3, -0.25) is 4.79 Å². The van der Waals surface area contributed by atoms with Gasteiger partial charge in [-0.05, 0) is 18.9 Å². The highest BCUT2D eigenvalue weighted by molar-refractivity contribution is 5.82. The van der Waals surface area contributed by atoms with E-state index in [-0.39, 0.29) is 18.1 Å². The van der Waals surface area contributed by atoms with Crippen molar-refractivity contribution in [1.82, 2.24) is 10.2 Å². The number of hydrogen-bond acceptors (Lipinski definition) is 4. The minimum atomic E-state index is -0.353. The van der Waals surface area contributed by atoms with Gasteiger partial charge < -0.3 is 19.7 Å². The van der Waals surface area contributed by atoms with Gasteiger partial charge >= 0.3 is 0 Å². The Morgan fingerprint density at radius 2 is 2.29 bits per heavy atom. The van der Waals surface area contributed by atoms with E-state index in [4.69, 9.17) is 9.47 Å². The molecular formula is C16H22N2O3. The van der Waals surface area contributed by atoms with Crippen LogP contribution in [0.25, 0.3) is 0 Å². The number of para-hydroxylation sites is 1. The van der Waals surface area contributed by atoms with E-state index < -0.39 is 0 Å². The summed E-state index contributed by atoms with van der Waals surface area (Å²) in [5, 5.41) is 3.22. The molecule has 114 valence electrons. The van der Waals surface area contributed by atoms with Crippen LogP contribution < -0.4 is 10.1 Å². The molecule has 21 heavy (non-hydrogen) atoms. The number of benzene rings is 1. The fraction of sp³-hybridized carbons (Fsp3) is 0.562. The van der Waals surface area contributed by atoms with E-state index in [1.54, 1.807) is 7.11 Å². The summed E-state index contributed by atoms with van der Waals surface area (Å²) in [6.07, 6.45) is 1.65. The molecule has 0 bridgehead atoms. The first-order chi connectivity index (χ1) is 10.3. The Morgan fingerprint density at radius 3 is 3.05 bits per heavy atom. The maximum Gasteiger partial charge on any atom is 0.253 e. The lowest BCUT2D eigenvalue weighted by atomic mass is 10.0. The summed E-state index contributed by atoms with van der Waals surface area (Å²) >= 11 is 0. The number of rotatable bonds is 3. The van der Waals surface area contributed by atoms with E-state index in [1.807, 2.05) is 23.1 Å². The first kappa shape index (κ1) is 14.4. The van der Waals surface area contributed by atoms with Crippen LogP contribution >= 0.6 is 0 Å². The van der Waals surface area contributed by atoms with Gasteiger partial charge in [-0.2, -0.15) is 0 Å². The van der Waals surface area contributed by atoms with Gasteiger partial charge in [-0.15, -0.1) is 0 Å². The Morgan fingerprint density at radius 1 is 1.43 bits per heavy atom. The van der Waals surface area contributed by atoms with Crippen molar-refractivity contribution in [3.63, 3.8) is 0 Å². The van der Waals surface area contributed by atoms with Gasteiger partial charge in [0.2, 0.25) is 0 Å². The molecule has 0 radical (unpaired) electrons. The number of nitrogens with zero attached hydrogens (tertiary/aromatic N) is 1. The molecule has 0 aromatic heterocycles. The molecule has 1 N–H and O–H groups in total. The molecule has 2 aliphatic rings. The van der Waals surface area contributed by atoms with Crippen LogP contribution in [0.3, 0.4) is 0 Å². The number of methoxy groups -OCH3 is 1. The molecule has 1 aromatic carbocycles. The van der Waals surface area contributed by atoms with Gasteiger partial charge in [0.25, 0.3) is 5.91 Å². The highest BCUT2D eigenvalue weighted by atomic mass is 16.5. The van der Waals surface area contributed by atoms with Gasteiger partial charge in [-0.25, -0.2) is 0 Å². The molecule has 0 aliphatic carbocycles. The van der Waals surface area contributed by atoms with Crippen LogP contribution in [0.15, 0.2) is 24.3 Å². The standard InChI is InChI=1S/C16H22N2O3/c1-20-14-7-3-2-5-12(14)13-6-4-9-18(13)16(19)15-11-17-8-10-21-15/h2-3,5,7,13,15,17H,4,6,8-11H2,1H3/t13-,15-/m1/s1. The van der Waals surface area contributed by atoms with E-state index in [1.165, 1.54) is 0 Å². The van der Waals surface area contributed by atoms with Crippen LogP contribution in [-0.4, -0.2) is 50.3 Å². The third-order valence-corrected chi connectivity index (χ3v) is 4.24. The Balaban J connectivity index is 1.80. The second-order valence-corrected chi connectivity index (χ2v) is 5.50. The average Bonchev–Trinajstić information content (AvgIpc) is 3.04. The van der Waals surface area contributed by atoms with Crippen LogP contribution in [0.1, 0.15) is 24.4 Å². The van der Waals surface area contributed by atoms with Crippen molar-refractivity contribution in [1.29, 1.82) is 0 Å². The summed E-state index contributed by atoms with van der Waals surface area (Å²) in [5.41, 5.74) is 1.09. The lowest BCUT2D eigenvalue weighted by Crippen LogP contribution is -2.49. The maximum atomic E-state index is 12.7. The monoisotopic (exact) mass is 290 g/mol. The number of amides is 1. The fourth-order valence-electron chi connectivity index (χ4n) is 3.20. The second kappa shape index (κ2) is 6.45. The van der Waals surface area contributed by atoms with E-state index >= 15 is 0 Å². The minimum absolute atomic E-state index is 0.0932. The smallest absolute Gasteiger partial charge is 0.253 e. The van der Waals surface area contributed by atoms with Gasteiger partial charge in [-0.1, -0.05) is 18.2 Å². The molecule has 0 spiro atoms. The molecule has 2 aliphatic heterocycles. The maximum absolute atomic E-state index is 12.7. The molecule has 2 heterocycles. The largest absolute Gasteiger partial charge is 0.496 e. The first-order valence-corrected chi connectivity index (χ1v) is 7.57. The van der Waals surface area contributed by atoms with E-state index in [2.05, 4.69) is 11.4 Å². The number of ether oxygens (including phenoxy) is 2. The summed E-state index contributed by atoms with van der Waals surface area (Å²) < 4.78 is 11.1. The van der Waals surface area contributed by atoms with Crippen LogP contribution in [0.2, 0.25) is 0 Å². The van der Waals surface area contributed by atoms with Crippen molar-refractivity contribution < 1.29 is 14.3 Å². The quantitative estimate of drug-likeness (QED) is 0.913. The van der Waals surface area contributed by atoms with E-state index in [0.29, 0.717) is 13.2 Å². The topological polar surface area (TPSA) is 50.8 Å². The molecular weight excluding hydrogens is 268 g/mol. The van der Waals surface area contributed by atoms with Crippen molar-refractivity contribution in [2.45, 2.75) is 25.0 Å². The highest BCUT2D eigenvalue weighted by Gasteiger charge is 2.36. The number of carbonyl (C=O) groups is 1. The number of carbonyl (C=O) groups excluding carboxylic acids is 1.